The van der Waals surface area contributed by atoms with Crippen molar-refractivity contribution in [3.63, 3.8) is 0 Å². The summed E-state index contributed by atoms with van der Waals surface area (Å²) in [5.74, 6) is -1.07. The molecular formula is C14H11F3N6OS2. The number of carbonyl (C=O) groups excluding carboxylic acids is 1. The first kappa shape index (κ1) is 19.8. The monoisotopic (exact) mass is 400 g/mol. The third-order valence-corrected chi connectivity index (χ3v) is 4.47. The van der Waals surface area contributed by atoms with Crippen LogP contribution in [0.1, 0.15) is 11.3 Å². The van der Waals surface area contributed by atoms with Gasteiger partial charge in [0.25, 0.3) is 0 Å². The Balaban J connectivity index is 2.09. The second kappa shape index (κ2) is 8.24. The largest absolute Gasteiger partial charge is 0.433 e. The van der Waals surface area contributed by atoms with Gasteiger partial charge in [0.05, 0.1) is 5.75 Å². The predicted octanol–water partition coefficient (Wildman–Crippen LogP) is 2.80. The summed E-state index contributed by atoms with van der Waals surface area (Å²) in [6.07, 6.45) is -2.90. The first-order valence-corrected chi connectivity index (χ1v) is 9.04. The van der Waals surface area contributed by atoms with Gasteiger partial charge in [-0.3, -0.25) is 4.79 Å². The molecule has 136 valence electrons. The number of nitrogens with one attached hydrogen (secondary N) is 1. The van der Waals surface area contributed by atoms with Gasteiger partial charge in [0.15, 0.2) is 0 Å². The van der Waals surface area contributed by atoms with E-state index in [1.165, 1.54) is 17.8 Å². The zero-order valence-corrected chi connectivity index (χ0v) is 14.8. The van der Waals surface area contributed by atoms with E-state index in [-0.39, 0.29) is 28.1 Å². The van der Waals surface area contributed by atoms with Crippen molar-refractivity contribution >= 4 is 41.2 Å². The van der Waals surface area contributed by atoms with Crippen LogP contribution in [-0.4, -0.2) is 32.9 Å². The Hall–Kier alpha value is -2.52. The van der Waals surface area contributed by atoms with E-state index in [9.17, 15) is 23.2 Å². The summed E-state index contributed by atoms with van der Waals surface area (Å²) in [5, 5.41) is 12.1. The lowest BCUT2D eigenvalue weighted by molar-refractivity contribution is -0.141. The molecule has 1 amide bonds. The predicted molar refractivity (Wildman–Crippen MR) is 91.5 cm³/mol. The molecule has 0 spiro atoms. The third-order valence-electron chi connectivity index (χ3n) is 2.81. The van der Waals surface area contributed by atoms with E-state index in [2.05, 4.69) is 20.3 Å². The van der Waals surface area contributed by atoms with Gasteiger partial charge < -0.3 is 11.1 Å². The highest BCUT2D eigenvalue weighted by Crippen LogP contribution is 2.29. The number of nitrogens with zero attached hydrogens (tertiary/aromatic N) is 4. The standard InChI is InChI=1S/C14H11F3N6OS2/c1-25-11-7(5-18)12(23-13(19)22-11)26-6-10(24)21-9-4-2-3-8(20-9)14(15,16)17/h2-4H,6H2,1H3,(H2,19,22,23)(H,20,21,24). The number of halogens is 3. The number of thioether (sulfide) groups is 2. The van der Waals surface area contributed by atoms with Crippen LogP contribution in [0.15, 0.2) is 28.3 Å². The Kier molecular flexibility index (Phi) is 6.27. The molecule has 0 unspecified atom stereocenters. The fourth-order valence-electron chi connectivity index (χ4n) is 1.76. The molecule has 0 radical (unpaired) electrons. The molecule has 0 aliphatic carbocycles. The van der Waals surface area contributed by atoms with Crippen molar-refractivity contribution in [2.75, 3.05) is 23.1 Å². The number of nitrogens with two attached hydrogens (primary N) is 1. The van der Waals surface area contributed by atoms with E-state index in [0.29, 0.717) is 5.03 Å². The maximum atomic E-state index is 12.6. The van der Waals surface area contributed by atoms with Crippen LogP contribution in [0.5, 0.6) is 0 Å². The van der Waals surface area contributed by atoms with Crippen LogP contribution in [0, 0.1) is 11.3 Å². The molecule has 2 heterocycles. The first-order valence-electron chi connectivity index (χ1n) is 6.83. The van der Waals surface area contributed by atoms with Crippen LogP contribution >= 0.6 is 23.5 Å². The fraction of sp³-hybridized carbons (Fsp3) is 0.214. The quantitative estimate of drug-likeness (QED) is 0.581. The summed E-state index contributed by atoms with van der Waals surface area (Å²) in [4.78, 5) is 23.2. The molecule has 0 aromatic carbocycles. The topological polar surface area (TPSA) is 118 Å². The minimum absolute atomic E-state index is 0.0456. The second-order valence-electron chi connectivity index (χ2n) is 4.63. The molecule has 2 aromatic rings. The molecular weight excluding hydrogens is 389 g/mol. The maximum Gasteiger partial charge on any atom is 0.433 e. The molecule has 2 rings (SSSR count). The van der Waals surface area contributed by atoms with Gasteiger partial charge in [-0.05, 0) is 18.4 Å². The molecule has 26 heavy (non-hydrogen) atoms. The molecule has 0 fully saturated rings. The van der Waals surface area contributed by atoms with Crippen LogP contribution in [0.4, 0.5) is 24.9 Å². The Morgan fingerprint density at radius 1 is 1.31 bits per heavy atom. The van der Waals surface area contributed by atoms with E-state index in [1.807, 2.05) is 6.07 Å². The molecule has 0 saturated heterocycles. The smallest absolute Gasteiger partial charge is 0.368 e. The van der Waals surface area contributed by atoms with Gasteiger partial charge in [0, 0.05) is 0 Å². The van der Waals surface area contributed by atoms with Crippen molar-refractivity contribution < 1.29 is 18.0 Å². The molecule has 7 nitrogen and oxygen atoms in total. The van der Waals surface area contributed by atoms with Gasteiger partial charge in [0.2, 0.25) is 11.9 Å². The van der Waals surface area contributed by atoms with Crippen molar-refractivity contribution in [1.29, 1.82) is 5.26 Å². The van der Waals surface area contributed by atoms with E-state index < -0.39 is 17.8 Å². The van der Waals surface area contributed by atoms with Crippen LogP contribution in [0.2, 0.25) is 0 Å². The normalized spacial score (nSPS) is 11.0. The number of carbonyl (C=O) groups is 1. The number of hydrogen-bond acceptors (Lipinski definition) is 8. The van der Waals surface area contributed by atoms with E-state index in [0.717, 1.165) is 23.9 Å². The minimum Gasteiger partial charge on any atom is -0.368 e. The van der Waals surface area contributed by atoms with Crippen LogP contribution in [-0.2, 0) is 11.0 Å². The Morgan fingerprint density at radius 2 is 2.00 bits per heavy atom. The summed E-state index contributed by atoms with van der Waals surface area (Å²) in [6.45, 7) is 0. The Bertz CT molecular complexity index is 869. The minimum atomic E-state index is -4.61. The number of rotatable bonds is 5. The molecule has 3 N–H and O–H groups in total. The number of aromatic nitrogens is 3. The summed E-state index contributed by atoms with van der Waals surface area (Å²) >= 11 is 2.13. The van der Waals surface area contributed by atoms with Crippen LogP contribution < -0.4 is 11.1 Å². The lowest BCUT2D eigenvalue weighted by atomic mass is 10.3. The lowest BCUT2D eigenvalue weighted by Gasteiger charge is -2.09. The highest BCUT2D eigenvalue weighted by molar-refractivity contribution is 8.00. The summed E-state index contributed by atoms with van der Waals surface area (Å²) in [6, 6.07) is 5.14. The molecule has 12 heteroatoms. The summed E-state index contributed by atoms with van der Waals surface area (Å²) < 4.78 is 37.9. The average Bonchev–Trinajstić information content (AvgIpc) is 2.58. The third kappa shape index (κ3) is 4.99. The SMILES string of the molecule is CSc1nc(N)nc(SCC(=O)Nc2cccc(C(F)(F)F)n2)c1C#N. The number of hydrogen-bond donors (Lipinski definition) is 2. The van der Waals surface area contributed by atoms with Gasteiger partial charge in [-0.15, -0.1) is 11.8 Å². The van der Waals surface area contributed by atoms with Crippen LogP contribution in [0.3, 0.4) is 0 Å². The maximum absolute atomic E-state index is 12.6. The average molecular weight is 400 g/mol. The van der Waals surface area contributed by atoms with E-state index in [4.69, 9.17) is 5.73 Å². The summed E-state index contributed by atoms with van der Waals surface area (Å²) in [5.41, 5.74) is 4.64. The molecule has 0 aliphatic rings. The van der Waals surface area contributed by atoms with Crippen molar-refractivity contribution in [3.05, 3.63) is 29.5 Å². The van der Waals surface area contributed by atoms with Gasteiger partial charge in [-0.25, -0.2) is 15.0 Å². The number of anilines is 2. The molecule has 0 atom stereocenters. The fourth-order valence-corrected chi connectivity index (χ4v) is 3.14. The number of nitriles is 1. The van der Waals surface area contributed by atoms with Crippen molar-refractivity contribution in [1.82, 2.24) is 15.0 Å². The number of amides is 1. The van der Waals surface area contributed by atoms with Crippen molar-refractivity contribution in [3.8, 4) is 6.07 Å². The van der Waals surface area contributed by atoms with Crippen molar-refractivity contribution in [2.45, 2.75) is 16.2 Å². The van der Waals surface area contributed by atoms with E-state index >= 15 is 0 Å². The van der Waals surface area contributed by atoms with Gasteiger partial charge in [-0.1, -0.05) is 17.8 Å². The highest BCUT2D eigenvalue weighted by atomic mass is 32.2. The Morgan fingerprint density at radius 3 is 2.62 bits per heavy atom. The van der Waals surface area contributed by atoms with Crippen LogP contribution in [0.25, 0.3) is 0 Å². The van der Waals surface area contributed by atoms with E-state index in [1.54, 1.807) is 6.26 Å². The number of pyridine rings is 1. The molecule has 2 aromatic heterocycles. The zero-order valence-electron chi connectivity index (χ0n) is 13.2. The van der Waals surface area contributed by atoms with Gasteiger partial charge >= 0.3 is 6.18 Å². The molecule has 0 saturated carbocycles. The number of nitrogen functional groups attached to an aromatic ring is 1. The van der Waals surface area contributed by atoms with Gasteiger partial charge in [-0.2, -0.15) is 18.4 Å². The highest BCUT2D eigenvalue weighted by Gasteiger charge is 2.32. The number of alkyl halides is 3. The zero-order chi connectivity index (χ0) is 19.3. The van der Waals surface area contributed by atoms with Gasteiger partial charge in [0.1, 0.15) is 33.2 Å². The molecule has 0 bridgehead atoms. The Labute approximate surface area is 154 Å². The lowest BCUT2D eigenvalue weighted by Crippen LogP contribution is -2.17. The van der Waals surface area contributed by atoms with Crippen molar-refractivity contribution in [2.24, 2.45) is 0 Å². The summed E-state index contributed by atoms with van der Waals surface area (Å²) in [7, 11) is 0. The molecule has 0 aliphatic heterocycles. The second-order valence-corrected chi connectivity index (χ2v) is 6.38. The first-order chi connectivity index (χ1) is 12.2.